The smallest absolute Gasteiger partial charge is 0.278 e. The summed E-state index contributed by atoms with van der Waals surface area (Å²) in [6.45, 7) is 0.710. The van der Waals surface area contributed by atoms with Gasteiger partial charge in [0.2, 0.25) is 0 Å². The van der Waals surface area contributed by atoms with Crippen molar-refractivity contribution in [3.8, 4) is 6.07 Å². The van der Waals surface area contributed by atoms with Crippen LogP contribution in [0, 0.1) is 11.3 Å². The molecule has 0 saturated carbocycles. The maximum atomic E-state index is 12.3. The third-order valence-corrected chi connectivity index (χ3v) is 3.21. The van der Waals surface area contributed by atoms with Crippen LogP contribution in [-0.2, 0) is 4.74 Å². The van der Waals surface area contributed by atoms with Crippen molar-refractivity contribution in [2.24, 2.45) is 0 Å². The molecular weight excluding hydrogens is 278 g/mol. The molecule has 3 rings (SSSR count). The second-order valence-corrected chi connectivity index (χ2v) is 4.76. The summed E-state index contributed by atoms with van der Waals surface area (Å²) in [5.41, 5.74) is 1.55. The summed E-state index contributed by atoms with van der Waals surface area (Å²) in [5.74, 6) is 0.552. The largest absolute Gasteiger partial charge is 0.494 e. The van der Waals surface area contributed by atoms with Crippen molar-refractivity contribution in [3.05, 3.63) is 71.3 Å². The van der Waals surface area contributed by atoms with Gasteiger partial charge in [0.1, 0.15) is 5.76 Å². The zero-order valence-corrected chi connectivity index (χ0v) is 11.8. The van der Waals surface area contributed by atoms with Crippen LogP contribution in [0.3, 0.4) is 0 Å². The third-order valence-electron chi connectivity index (χ3n) is 3.21. The molecule has 0 bridgehead atoms. The second kappa shape index (κ2) is 6.10. The number of benzene rings is 1. The first kappa shape index (κ1) is 13.8. The van der Waals surface area contributed by atoms with E-state index < -0.39 is 0 Å². The Morgan fingerprint density at radius 2 is 2.27 bits per heavy atom. The molecule has 0 atom stereocenters. The zero-order valence-electron chi connectivity index (χ0n) is 11.8. The molecule has 1 aromatic carbocycles. The Hall–Kier alpha value is -3.13. The lowest BCUT2D eigenvalue weighted by Crippen LogP contribution is -2.12. The second-order valence-electron chi connectivity index (χ2n) is 4.76. The first-order valence-electron chi connectivity index (χ1n) is 6.88. The first-order chi connectivity index (χ1) is 10.8. The molecule has 108 valence electrons. The van der Waals surface area contributed by atoms with Gasteiger partial charge in [0.05, 0.1) is 23.9 Å². The number of hydrogen-bond acceptors (Lipinski definition) is 4. The molecule has 1 aliphatic rings. The summed E-state index contributed by atoms with van der Waals surface area (Å²) in [6, 6.07) is 10.3. The fraction of sp³-hybridized carbons (Fsp3) is 0.118. The lowest BCUT2D eigenvalue weighted by atomic mass is 10.1. The number of carbonyl (C=O) groups is 1. The fourth-order valence-electron chi connectivity index (χ4n) is 2.11. The Kier molecular flexibility index (Phi) is 3.84. The monoisotopic (exact) mass is 291 g/mol. The van der Waals surface area contributed by atoms with Crippen molar-refractivity contribution < 1.29 is 9.53 Å². The molecule has 0 fully saturated rings. The molecule has 0 saturated heterocycles. The van der Waals surface area contributed by atoms with Crippen LogP contribution >= 0.6 is 0 Å². The molecule has 5 nitrogen and oxygen atoms in total. The lowest BCUT2D eigenvalue weighted by Gasteiger charge is -2.00. The van der Waals surface area contributed by atoms with E-state index in [9.17, 15) is 4.79 Å². The number of ether oxygens (including phenoxy) is 1. The first-order valence-corrected chi connectivity index (χ1v) is 6.88. The van der Waals surface area contributed by atoms with Gasteiger partial charge in [-0.2, -0.15) is 10.4 Å². The highest BCUT2D eigenvalue weighted by Gasteiger charge is 2.10. The zero-order chi connectivity index (χ0) is 15.4. The van der Waals surface area contributed by atoms with Crippen LogP contribution in [0.25, 0.3) is 6.08 Å². The molecule has 0 spiro atoms. The Balaban J connectivity index is 1.78. The minimum Gasteiger partial charge on any atom is -0.494 e. The topological polar surface area (TPSA) is 67.9 Å². The van der Waals surface area contributed by atoms with Gasteiger partial charge in [0.25, 0.3) is 5.91 Å². The minimum atomic E-state index is -0.270. The van der Waals surface area contributed by atoms with Crippen molar-refractivity contribution in [1.82, 2.24) is 9.78 Å². The molecule has 1 aliphatic heterocycles. The van der Waals surface area contributed by atoms with E-state index in [0.29, 0.717) is 23.4 Å². The molecule has 0 unspecified atom stereocenters. The average Bonchev–Trinajstić information content (AvgIpc) is 3.23. The van der Waals surface area contributed by atoms with E-state index >= 15 is 0 Å². The highest BCUT2D eigenvalue weighted by atomic mass is 16.5. The molecule has 0 radical (unpaired) electrons. The van der Waals surface area contributed by atoms with Gasteiger partial charge in [-0.3, -0.25) is 4.79 Å². The van der Waals surface area contributed by atoms with E-state index in [2.05, 4.69) is 5.10 Å². The molecule has 2 aromatic rings. The van der Waals surface area contributed by atoms with Crippen molar-refractivity contribution in [2.45, 2.75) is 6.42 Å². The molecule has 0 N–H and O–H groups in total. The van der Waals surface area contributed by atoms with Crippen molar-refractivity contribution in [3.63, 3.8) is 0 Å². The number of nitrogens with zero attached hydrogens (tertiary/aromatic N) is 3. The van der Waals surface area contributed by atoms with Gasteiger partial charge < -0.3 is 4.74 Å². The number of aromatic nitrogens is 2. The summed E-state index contributed by atoms with van der Waals surface area (Å²) >= 11 is 0. The standard InChI is InChI=1S/C17H13N3O2/c18-12-13-3-1-4-14(11-13)17(21)20-9-8-15(19-20)6-7-16-5-2-10-22-16/h1,3-9,11H,2,10H2/b7-6+. The molecule has 0 aliphatic carbocycles. The molecular formula is C17H13N3O2. The van der Waals surface area contributed by atoms with Crippen LogP contribution in [0.15, 0.2) is 54.4 Å². The number of allylic oxidation sites excluding steroid dienone is 1. The van der Waals surface area contributed by atoms with E-state index in [0.717, 1.165) is 12.2 Å². The highest BCUT2D eigenvalue weighted by molar-refractivity contribution is 5.95. The van der Waals surface area contributed by atoms with Crippen LogP contribution in [0.5, 0.6) is 0 Å². The Labute approximate surface area is 127 Å². The van der Waals surface area contributed by atoms with Gasteiger partial charge in [0, 0.05) is 18.2 Å². The molecule has 1 aromatic heterocycles. The maximum Gasteiger partial charge on any atom is 0.278 e. The van der Waals surface area contributed by atoms with Crippen molar-refractivity contribution >= 4 is 12.0 Å². The quantitative estimate of drug-likeness (QED) is 0.872. The lowest BCUT2D eigenvalue weighted by molar-refractivity contribution is 0.0945. The molecule has 2 heterocycles. The summed E-state index contributed by atoms with van der Waals surface area (Å²) in [4.78, 5) is 12.3. The number of nitriles is 1. The van der Waals surface area contributed by atoms with Crippen molar-refractivity contribution in [2.75, 3.05) is 6.61 Å². The van der Waals surface area contributed by atoms with Gasteiger partial charge in [0.15, 0.2) is 0 Å². The molecule has 22 heavy (non-hydrogen) atoms. The van der Waals surface area contributed by atoms with Crippen LogP contribution in [-0.4, -0.2) is 22.3 Å². The van der Waals surface area contributed by atoms with Crippen molar-refractivity contribution in [1.29, 1.82) is 5.26 Å². The van der Waals surface area contributed by atoms with Gasteiger partial charge in [-0.25, -0.2) is 4.68 Å². The SMILES string of the molecule is N#Cc1cccc(C(=O)n2ccc(/C=C/C3=CCCO3)n2)c1. The average molecular weight is 291 g/mol. The third kappa shape index (κ3) is 2.96. The summed E-state index contributed by atoms with van der Waals surface area (Å²) in [7, 11) is 0. The van der Waals surface area contributed by atoms with E-state index in [4.69, 9.17) is 10.00 Å². The maximum absolute atomic E-state index is 12.3. The Bertz CT molecular complexity index is 809. The molecule has 5 heteroatoms. The van der Waals surface area contributed by atoms with Crippen LogP contribution in [0.4, 0.5) is 0 Å². The predicted molar refractivity (Wildman–Crippen MR) is 80.8 cm³/mol. The number of rotatable bonds is 3. The van der Waals surface area contributed by atoms with E-state index in [-0.39, 0.29) is 5.91 Å². The van der Waals surface area contributed by atoms with Crippen LogP contribution in [0.1, 0.15) is 28.0 Å². The van der Waals surface area contributed by atoms with E-state index in [1.54, 1.807) is 42.6 Å². The van der Waals surface area contributed by atoms with Gasteiger partial charge in [-0.1, -0.05) is 6.07 Å². The number of hydrogen-bond donors (Lipinski definition) is 0. The van der Waals surface area contributed by atoms with Gasteiger partial charge >= 0.3 is 0 Å². The van der Waals surface area contributed by atoms with Gasteiger partial charge in [-0.05, 0) is 42.5 Å². The van der Waals surface area contributed by atoms with Crippen LogP contribution < -0.4 is 0 Å². The Morgan fingerprint density at radius 3 is 3.05 bits per heavy atom. The summed E-state index contributed by atoms with van der Waals surface area (Å²) in [6.07, 6.45) is 8.16. The van der Waals surface area contributed by atoms with Gasteiger partial charge in [-0.15, -0.1) is 0 Å². The summed E-state index contributed by atoms with van der Waals surface area (Å²) < 4.78 is 6.63. The van der Waals surface area contributed by atoms with Crippen LogP contribution in [0.2, 0.25) is 0 Å². The minimum absolute atomic E-state index is 0.270. The fourth-order valence-corrected chi connectivity index (χ4v) is 2.11. The Morgan fingerprint density at radius 1 is 1.36 bits per heavy atom. The number of carbonyl (C=O) groups excluding carboxylic acids is 1. The normalized spacial score (nSPS) is 13.7. The summed E-state index contributed by atoms with van der Waals surface area (Å²) in [5, 5.41) is 13.1. The molecule has 0 amide bonds. The highest BCUT2D eigenvalue weighted by Crippen LogP contribution is 2.12. The van der Waals surface area contributed by atoms with E-state index in [1.165, 1.54) is 4.68 Å². The van der Waals surface area contributed by atoms with E-state index in [1.807, 2.05) is 18.2 Å². The predicted octanol–water partition coefficient (Wildman–Crippen LogP) is 2.76.